The number of pyridine rings is 1. The average Bonchev–Trinajstić information content (AvgIpc) is 2.89. The van der Waals surface area contributed by atoms with Crippen LogP contribution in [0, 0.1) is 18.3 Å². The Labute approximate surface area is 116 Å². The van der Waals surface area contributed by atoms with Crippen molar-refractivity contribution in [2.24, 2.45) is 5.73 Å². The van der Waals surface area contributed by atoms with Crippen molar-refractivity contribution in [2.45, 2.75) is 13.0 Å². The largest absolute Gasteiger partial charge is 0.457 e. The summed E-state index contributed by atoms with van der Waals surface area (Å²) in [4.78, 5) is 4.41. The SMILES string of the molecule is Cc1ccc2oc(C(N)c3ccc(C#N)cc3)cc2n1. The van der Waals surface area contributed by atoms with E-state index in [0.29, 0.717) is 11.3 Å². The Morgan fingerprint density at radius 3 is 2.65 bits per heavy atom. The summed E-state index contributed by atoms with van der Waals surface area (Å²) in [6.45, 7) is 1.94. The van der Waals surface area contributed by atoms with E-state index in [0.717, 1.165) is 22.4 Å². The molecule has 98 valence electrons. The van der Waals surface area contributed by atoms with Crippen molar-refractivity contribution in [2.75, 3.05) is 0 Å². The molecule has 2 aromatic heterocycles. The third-order valence-electron chi connectivity index (χ3n) is 3.24. The van der Waals surface area contributed by atoms with E-state index >= 15 is 0 Å². The van der Waals surface area contributed by atoms with Gasteiger partial charge in [-0.3, -0.25) is 0 Å². The van der Waals surface area contributed by atoms with Crippen LogP contribution in [0.25, 0.3) is 11.1 Å². The van der Waals surface area contributed by atoms with Gasteiger partial charge in [-0.25, -0.2) is 4.98 Å². The molecule has 0 aliphatic heterocycles. The van der Waals surface area contributed by atoms with Crippen LogP contribution >= 0.6 is 0 Å². The molecule has 0 spiro atoms. The van der Waals surface area contributed by atoms with Gasteiger partial charge in [0.25, 0.3) is 0 Å². The number of nitrogens with two attached hydrogens (primary N) is 1. The van der Waals surface area contributed by atoms with Crippen LogP contribution in [-0.4, -0.2) is 4.98 Å². The quantitative estimate of drug-likeness (QED) is 0.771. The predicted molar refractivity (Wildman–Crippen MR) is 75.9 cm³/mol. The fraction of sp³-hybridized carbons (Fsp3) is 0.125. The maximum absolute atomic E-state index is 8.80. The highest BCUT2D eigenvalue weighted by Crippen LogP contribution is 2.26. The Hall–Kier alpha value is -2.64. The first-order chi connectivity index (χ1) is 9.67. The molecule has 0 saturated carbocycles. The fourth-order valence-corrected chi connectivity index (χ4v) is 2.13. The van der Waals surface area contributed by atoms with Gasteiger partial charge in [-0.2, -0.15) is 5.26 Å². The van der Waals surface area contributed by atoms with Crippen molar-refractivity contribution in [1.29, 1.82) is 5.26 Å². The second-order valence-corrected chi connectivity index (χ2v) is 4.70. The van der Waals surface area contributed by atoms with Crippen LogP contribution in [-0.2, 0) is 0 Å². The average molecular weight is 263 g/mol. The van der Waals surface area contributed by atoms with Gasteiger partial charge in [-0.1, -0.05) is 12.1 Å². The van der Waals surface area contributed by atoms with Gasteiger partial charge in [-0.05, 0) is 36.8 Å². The van der Waals surface area contributed by atoms with Crippen molar-refractivity contribution in [3.63, 3.8) is 0 Å². The van der Waals surface area contributed by atoms with E-state index in [1.807, 2.05) is 37.3 Å². The first kappa shape index (κ1) is 12.4. The lowest BCUT2D eigenvalue weighted by Crippen LogP contribution is -2.10. The lowest BCUT2D eigenvalue weighted by molar-refractivity contribution is 0.525. The number of aryl methyl sites for hydroxylation is 1. The minimum atomic E-state index is -0.364. The molecule has 0 fully saturated rings. The summed E-state index contributed by atoms with van der Waals surface area (Å²) in [7, 11) is 0. The van der Waals surface area contributed by atoms with E-state index in [2.05, 4.69) is 11.1 Å². The lowest BCUT2D eigenvalue weighted by Gasteiger charge is -2.08. The summed E-state index contributed by atoms with van der Waals surface area (Å²) < 4.78 is 5.74. The molecule has 0 radical (unpaired) electrons. The molecular formula is C16H13N3O. The van der Waals surface area contributed by atoms with Crippen molar-refractivity contribution in [3.8, 4) is 6.07 Å². The van der Waals surface area contributed by atoms with Crippen LogP contribution in [0.5, 0.6) is 0 Å². The van der Waals surface area contributed by atoms with E-state index in [4.69, 9.17) is 15.4 Å². The Kier molecular flexibility index (Phi) is 2.97. The van der Waals surface area contributed by atoms with Crippen LogP contribution in [0.1, 0.15) is 28.6 Å². The highest BCUT2D eigenvalue weighted by atomic mass is 16.3. The van der Waals surface area contributed by atoms with E-state index in [-0.39, 0.29) is 6.04 Å². The molecule has 4 heteroatoms. The zero-order chi connectivity index (χ0) is 14.1. The number of aromatic nitrogens is 1. The fourth-order valence-electron chi connectivity index (χ4n) is 2.13. The van der Waals surface area contributed by atoms with Crippen molar-refractivity contribution < 1.29 is 4.42 Å². The molecule has 1 unspecified atom stereocenters. The highest BCUT2D eigenvalue weighted by Gasteiger charge is 2.14. The second-order valence-electron chi connectivity index (χ2n) is 4.70. The maximum atomic E-state index is 8.80. The Morgan fingerprint density at radius 2 is 1.95 bits per heavy atom. The summed E-state index contributed by atoms with van der Waals surface area (Å²) in [5.41, 5.74) is 10.2. The predicted octanol–water partition coefficient (Wildman–Crippen LogP) is 3.06. The van der Waals surface area contributed by atoms with Gasteiger partial charge in [0, 0.05) is 11.8 Å². The van der Waals surface area contributed by atoms with Gasteiger partial charge < -0.3 is 10.2 Å². The molecule has 4 nitrogen and oxygen atoms in total. The number of fused-ring (bicyclic) bond motifs is 1. The molecule has 0 saturated heterocycles. The summed E-state index contributed by atoms with van der Waals surface area (Å²) in [5, 5.41) is 8.80. The number of hydrogen-bond donors (Lipinski definition) is 1. The molecule has 0 aliphatic rings. The molecule has 2 heterocycles. The molecule has 1 aromatic carbocycles. The van der Waals surface area contributed by atoms with Crippen LogP contribution < -0.4 is 5.73 Å². The number of nitrogens with zero attached hydrogens (tertiary/aromatic N) is 2. The standard InChI is InChI=1S/C16H13N3O/c1-10-2-7-14-13(19-10)8-15(20-14)16(18)12-5-3-11(9-17)4-6-12/h2-8,16H,18H2,1H3. The van der Waals surface area contributed by atoms with Crippen molar-refractivity contribution >= 4 is 11.1 Å². The molecule has 3 aromatic rings. The first-order valence-corrected chi connectivity index (χ1v) is 6.30. The van der Waals surface area contributed by atoms with E-state index in [1.165, 1.54) is 0 Å². The smallest absolute Gasteiger partial charge is 0.152 e. The van der Waals surface area contributed by atoms with E-state index in [9.17, 15) is 0 Å². The molecule has 2 N–H and O–H groups in total. The second kappa shape index (κ2) is 4.80. The van der Waals surface area contributed by atoms with Gasteiger partial charge in [0.15, 0.2) is 5.58 Å². The van der Waals surface area contributed by atoms with Crippen LogP contribution in [0.4, 0.5) is 0 Å². The third-order valence-corrected chi connectivity index (χ3v) is 3.24. The Morgan fingerprint density at radius 1 is 1.20 bits per heavy atom. The van der Waals surface area contributed by atoms with Crippen molar-refractivity contribution in [3.05, 3.63) is 65.0 Å². The van der Waals surface area contributed by atoms with Crippen LogP contribution in [0.2, 0.25) is 0 Å². The molecule has 1 atom stereocenters. The maximum Gasteiger partial charge on any atom is 0.152 e. The zero-order valence-electron chi connectivity index (χ0n) is 11.0. The molecular weight excluding hydrogens is 250 g/mol. The Balaban J connectivity index is 1.98. The minimum absolute atomic E-state index is 0.364. The van der Waals surface area contributed by atoms with Crippen LogP contribution in [0.15, 0.2) is 46.9 Å². The first-order valence-electron chi connectivity index (χ1n) is 6.30. The molecule has 0 aliphatic carbocycles. The topological polar surface area (TPSA) is 75.8 Å². The van der Waals surface area contributed by atoms with Gasteiger partial charge in [-0.15, -0.1) is 0 Å². The minimum Gasteiger partial charge on any atom is -0.457 e. The lowest BCUT2D eigenvalue weighted by atomic mass is 10.0. The van der Waals surface area contributed by atoms with Gasteiger partial charge in [0.2, 0.25) is 0 Å². The zero-order valence-corrected chi connectivity index (χ0v) is 11.0. The van der Waals surface area contributed by atoms with Crippen molar-refractivity contribution in [1.82, 2.24) is 4.98 Å². The molecule has 3 rings (SSSR count). The Bertz CT molecular complexity index is 797. The van der Waals surface area contributed by atoms with Crippen LogP contribution in [0.3, 0.4) is 0 Å². The number of nitriles is 1. The number of hydrogen-bond acceptors (Lipinski definition) is 4. The number of rotatable bonds is 2. The van der Waals surface area contributed by atoms with Gasteiger partial charge >= 0.3 is 0 Å². The molecule has 0 amide bonds. The monoisotopic (exact) mass is 263 g/mol. The molecule has 20 heavy (non-hydrogen) atoms. The summed E-state index contributed by atoms with van der Waals surface area (Å²) in [5.74, 6) is 0.669. The number of benzene rings is 1. The summed E-state index contributed by atoms with van der Waals surface area (Å²) >= 11 is 0. The summed E-state index contributed by atoms with van der Waals surface area (Å²) in [6.07, 6.45) is 0. The van der Waals surface area contributed by atoms with Gasteiger partial charge in [0.1, 0.15) is 11.3 Å². The highest BCUT2D eigenvalue weighted by molar-refractivity contribution is 5.73. The van der Waals surface area contributed by atoms with E-state index in [1.54, 1.807) is 12.1 Å². The third kappa shape index (κ3) is 2.15. The van der Waals surface area contributed by atoms with Gasteiger partial charge in [0.05, 0.1) is 17.7 Å². The number of furan rings is 1. The normalized spacial score (nSPS) is 12.2. The van der Waals surface area contributed by atoms with E-state index < -0.39 is 0 Å². The summed E-state index contributed by atoms with van der Waals surface area (Å²) in [6, 6.07) is 14.6. The molecule has 0 bridgehead atoms.